The van der Waals surface area contributed by atoms with Crippen molar-refractivity contribution >= 4 is 11.6 Å². The first-order valence-corrected chi connectivity index (χ1v) is 6.44. The van der Waals surface area contributed by atoms with Gasteiger partial charge in [0.2, 0.25) is 0 Å². The first-order chi connectivity index (χ1) is 7.78. The fourth-order valence-corrected chi connectivity index (χ4v) is 2.53. The number of halogens is 1. The topological polar surface area (TPSA) is 22.1 Å². The van der Waals surface area contributed by atoms with E-state index in [0.29, 0.717) is 11.3 Å². The van der Waals surface area contributed by atoms with Gasteiger partial charge in [0.25, 0.3) is 0 Å². The van der Waals surface area contributed by atoms with Crippen molar-refractivity contribution in [1.82, 2.24) is 4.98 Å². The summed E-state index contributed by atoms with van der Waals surface area (Å²) in [5, 5.41) is 0.500. The molecule has 1 aromatic rings. The van der Waals surface area contributed by atoms with Gasteiger partial charge in [-0.15, -0.1) is 0 Å². The number of pyridine rings is 1. The molecule has 1 aliphatic rings. The molecule has 2 unspecified atom stereocenters. The Morgan fingerprint density at radius 2 is 2.38 bits per heavy atom. The number of hydrogen-bond donors (Lipinski definition) is 0. The van der Waals surface area contributed by atoms with E-state index in [4.69, 9.17) is 16.3 Å². The average molecular weight is 240 g/mol. The van der Waals surface area contributed by atoms with Crippen LogP contribution in [0.3, 0.4) is 0 Å². The van der Waals surface area contributed by atoms with Crippen molar-refractivity contribution in [3.8, 4) is 5.75 Å². The molecule has 1 aliphatic carbocycles. The van der Waals surface area contributed by atoms with Crippen LogP contribution < -0.4 is 4.74 Å². The highest BCUT2D eigenvalue weighted by atomic mass is 35.5. The summed E-state index contributed by atoms with van der Waals surface area (Å²) in [6.07, 6.45) is 8.29. The van der Waals surface area contributed by atoms with Crippen molar-refractivity contribution in [2.45, 2.75) is 45.1 Å². The molecule has 0 bridgehead atoms. The van der Waals surface area contributed by atoms with Crippen LogP contribution in [0.5, 0.6) is 5.75 Å². The molecule has 1 aromatic heterocycles. The maximum absolute atomic E-state index is 5.94. The predicted octanol–water partition coefficient (Wildman–Crippen LogP) is 4.08. The van der Waals surface area contributed by atoms with Gasteiger partial charge in [-0.3, -0.25) is 0 Å². The van der Waals surface area contributed by atoms with Crippen LogP contribution in [-0.2, 0) is 0 Å². The van der Waals surface area contributed by atoms with E-state index < -0.39 is 0 Å². The van der Waals surface area contributed by atoms with Gasteiger partial charge in [0.1, 0.15) is 10.9 Å². The number of hydrogen-bond acceptors (Lipinski definition) is 2. The zero-order valence-corrected chi connectivity index (χ0v) is 10.4. The van der Waals surface area contributed by atoms with Gasteiger partial charge < -0.3 is 4.74 Å². The maximum Gasteiger partial charge on any atom is 0.132 e. The lowest BCUT2D eigenvalue weighted by atomic mass is 9.85. The van der Waals surface area contributed by atoms with Gasteiger partial charge in [0, 0.05) is 12.3 Å². The molecule has 16 heavy (non-hydrogen) atoms. The minimum absolute atomic E-state index is 0.358. The largest absolute Gasteiger partial charge is 0.490 e. The van der Waals surface area contributed by atoms with Crippen LogP contribution in [0.4, 0.5) is 0 Å². The van der Waals surface area contributed by atoms with Crippen LogP contribution >= 0.6 is 11.6 Å². The molecule has 2 rings (SSSR count). The highest BCUT2D eigenvalue weighted by molar-refractivity contribution is 6.29. The van der Waals surface area contributed by atoms with E-state index in [2.05, 4.69) is 11.9 Å². The lowest BCUT2D eigenvalue weighted by Crippen LogP contribution is -2.25. The first-order valence-electron chi connectivity index (χ1n) is 6.06. The fraction of sp³-hybridized carbons (Fsp3) is 0.615. The van der Waals surface area contributed by atoms with Gasteiger partial charge in [-0.1, -0.05) is 31.4 Å². The van der Waals surface area contributed by atoms with E-state index in [9.17, 15) is 0 Å². The van der Waals surface area contributed by atoms with Crippen LogP contribution in [0.25, 0.3) is 0 Å². The van der Waals surface area contributed by atoms with Crippen molar-refractivity contribution < 1.29 is 4.74 Å². The molecule has 2 atom stereocenters. The Morgan fingerprint density at radius 3 is 3.12 bits per heavy atom. The summed E-state index contributed by atoms with van der Waals surface area (Å²) in [5.74, 6) is 1.68. The van der Waals surface area contributed by atoms with Crippen LogP contribution in [0.1, 0.15) is 39.0 Å². The summed E-state index contributed by atoms with van der Waals surface area (Å²) < 4.78 is 5.94. The number of aromatic nitrogens is 1. The molecule has 0 radical (unpaired) electrons. The van der Waals surface area contributed by atoms with Crippen molar-refractivity contribution in [3.05, 3.63) is 23.5 Å². The highest BCUT2D eigenvalue weighted by Gasteiger charge is 2.21. The van der Waals surface area contributed by atoms with E-state index in [1.807, 2.05) is 6.07 Å². The third-order valence-electron chi connectivity index (χ3n) is 3.31. The molecule has 0 spiro atoms. The quantitative estimate of drug-likeness (QED) is 0.742. The van der Waals surface area contributed by atoms with E-state index in [1.54, 1.807) is 12.3 Å². The van der Waals surface area contributed by atoms with E-state index in [1.165, 1.54) is 25.7 Å². The van der Waals surface area contributed by atoms with Crippen molar-refractivity contribution in [2.24, 2.45) is 5.92 Å². The van der Waals surface area contributed by atoms with Crippen LogP contribution in [-0.4, -0.2) is 11.1 Å². The second kappa shape index (κ2) is 5.53. The van der Waals surface area contributed by atoms with Gasteiger partial charge in [0.05, 0.1) is 6.10 Å². The molecular weight excluding hydrogens is 222 g/mol. The third-order valence-corrected chi connectivity index (χ3v) is 3.52. The Morgan fingerprint density at radius 1 is 1.50 bits per heavy atom. The summed E-state index contributed by atoms with van der Waals surface area (Å²) in [6, 6.07) is 3.67. The summed E-state index contributed by atoms with van der Waals surface area (Å²) in [5.41, 5.74) is 0. The predicted molar refractivity (Wildman–Crippen MR) is 65.9 cm³/mol. The standard InChI is InChI=1S/C13H18ClNO/c1-2-10-4-3-5-11(8-10)16-12-6-7-15-13(14)9-12/h6-7,9-11H,2-5,8H2,1H3. The normalized spacial score (nSPS) is 25.4. The van der Waals surface area contributed by atoms with E-state index >= 15 is 0 Å². The molecule has 0 N–H and O–H groups in total. The zero-order chi connectivity index (χ0) is 11.4. The minimum Gasteiger partial charge on any atom is -0.490 e. The Labute approximate surface area is 102 Å². The van der Waals surface area contributed by atoms with Crippen molar-refractivity contribution in [1.29, 1.82) is 0 Å². The Balaban J connectivity index is 1.94. The highest BCUT2D eigenvalue weighted by Crippen LogP contribution is 2.29. The lowest BCUT2D eigenvalue weighted by Gasteiger charge is -2.28. The van der Waals surface area contributed by atoms with Crippen molar-refractivity contribution in [2.75, 3.05) is 0 Å². The monoisotopic (exact) mass is 239 g/mol. The molecule has 88 valence electrons. The molecule has 0 aliphatic heterocycles. The number of ether oxygens (including phenoxy) is 1. The molecule has 1 heterocycles. The Kier molecular flexibility index (Phi) is 4.05. The minimum atomic E-state index is 0.358. The molecule has 0 aromatic carbocycles. The van der Waals surface area contributed by atoms with Gasteiger partial charge in [-0.2, -0.15) is 0 Å². The summed E-state index contributed by atoms with van der Waals surface area (Å²) in [6.45, 7) is 2.26. The van der Waals surface area contributed by atoms with E-state index in [-0.39, 0.29) is 0 Å². The smallest absolute Gasteiger partial charge is 0.132 e. The van der Waals surface area contributed by atoms with E-state index in [0.717, 1.165) is 18.1 Å². The molecule has 0 amide bonds. The molecule has 2 nitrogen and oxygen atoms in total. The molecule has 1 fully saturated rings. The molecule has 3 heteroatoms. The average Bonchev–Trinajstić information content (AvgIpc) is 2.29. The van der Waals surface area contributed by atoms with Crippen LogP contribution in [0, 0.1) is 5.92 Å². The Bertz CT molecular complexity index is 342. The zero-order valence-electron chi connectivity index (χ0n) is 9.66. The second-order valence-corrected chi connectivity index (χ2v) is 4.88. The maximum atomic E-state index is 5.94. The molecule has 0 saturated heterocycles. The van der Waals surface area contributed by atoms with Crippen LogP contribution in [0.2, 0.25) is 5.15 Å². The summed E-state index contributed by atoms with van der Waals surface area (Å²) in [7, 11) is 0. The third kappa shape index (κ3) is 3.11. The SMILES string of the molecule is CCC1CCCC(Oc2ccnc(Cl)c2)C1. The van der Waals surface area contributed by atoms with Gasteiger partial charge in [-0.25, -0.2) is 4.98 Å². The van der Waals surface area contributed by atoms with Gasteiger partial charge in [-0.05, 0) is 31.2 Å². The van der Waals surface area contributed by atoms with Crippen molar-refractivity contribution in [3.63, 3.8) is 0 Å². The number of rotatable bonds is 3. The van der Waals surface area contributed by atoms with Gasteiger partial charge in [0.15, 0.2) is 0 Å². The van der Waals surface area contributed by atoms with Crippen LogP contribution in [0.15, 0.2) is 18.3 Å². The molecular formula is C13H18ClNO. The first kappa shape index (κ1) is 11.7. The fourth-order valence-electron chi connectivity index (χ4n) is 2.37. The number of nitrogens with zero attached hydrogens (tertiary/aromatic N) is 1. The summed E-state index contributed by atoms with van der Waals surface area (Å²) in [4.78, 5) is 3.95. The molecule has 1 saturated carbocycles. The Hall–Kier alpha value is -0.760. The lowest BCUT2D eigenvalue weighted by molar-refractivity contribution is 0.122. The summed E-state index contributed by atoms with van der Waals surface area (Å²) >= 11 is 5.83. The second-order valence-electron chi connectivity index (χ2n) is 4.50. The van der Waals surface area contributed by atoms with Gasteiger partial charge >= 0.3 is 0 Å².